The van der Waals surface area contributed by atoms with E-state index in [9.17, 15) is 12.8 Å². The van der Waals surface area contributed by atoms with Crippen molar-refractivity contribution < 1.29 is 12.8 Å². The van der Waals surface area contributed by atoms with Gasteiger partial charge in [0.1, 0.15) is 5.82 Å². The molecule has 8 heteroatoms. The number of anilines is 1. The van der Waals surface area contributed by atoms with E-state index in [4.69, 9.17) is 23.2 Å². The van der Waals surface area contributed by atoms with Gasteiger partial charge >= 0.3 is 0 Å². The second-order valence-corrected chi connectivity index (χ2v) is 7.32. The molecule has 0 radical (unpaired) electrons. The molecular formula is C12H17Cl2FN2O2S. The fourth-order valence-electron chi connectivity index (χ4n) is 1.47. The zero-order valence-electron chi connectivity index (χ0n) is 11.2. The van der Waals surface area contributed by atoms with Crippen LogP contribution in [-0.4, -0.2) is 26.8 Å². The lowest BCUT2D eigenvalue weighted by atomic mass is 10.3. The van der Waals surface area contributed by atoms with Crippen LogP contribution in [0.3, 0.4) is 0 Å². The molecule has 0 saturated heterocycles. The Hall–Kier alpha value is -0.560. The van der Waals surface area contributed by atoms with E-state index in [1.807, 2.05) is 6.92 Å². The summed E-state index contributed by atoms with van der Waals surface area (Å²) in [4.78, 5) is 0. The summed E-state index contributed by atoms with van der Waals surface area (Å²) in [6.45, 7) is 4.59. The van der Waals surface area contributed by atoms with E-state index in [1.165, 1.54) is 0 Å². The summed E-state index contributed by atoms with van der Waals surface area (Å²) >= 11 is 11.6. The number of rotatable bonds is 7. The van der Waals surface area contributed by atoms with Crippen LogP contribution < -0.4 is 10.0 Å². The molecule has 1 rings (SSSR count). The van der Waals surface area contributed by atoms with Crippen molar-refractivity contribution in [2.45, 2.75) is 25.5 Å². The molecule has 0 aromatic heterocycles. The summed E-state index contributed by atoms with van der Waals surface area (Å²) in [6.07, 6.45) is 0.913. The average Bonchev–Trinajstić information content (AvgIpc) is 2.34. The lowest BCUT2D eigenvalue weighted by Crippen LogP contribution is -2.35. The van der Waals surface area contributed by atoms with Crippen molar-refractivity contribution in [3.63, 3.8) is 0 Å². The maximum atomic E-state index is 13.0. The highest BCUT2D eigenvalue weighted by atomic mass is 35.5. The number of benzene rings is 1. The van der Waals surface area contributed by atoms with Gasteiger partial charge in [-0.2, -0.15) is 0 Å². The highest BCUT2D eigenvalue weighted by Gasteiger charge is 2.22. The Morgan fingerprint density at radius 1 is 1.30 bits per heavy atom. The number of sulfonamides is 1. The Morgan fingerprint density at radius 3 is 2.35 bits per heavy atom. The van der Waals surface area contributed by atoms with Crippen molar-refractivity contribution in [1.82, 2.24) is 5.32 Å². The molecule has 1 atom stereocenters. The smallest absolute Gasteiger partial charge is 0.236 e. The van der Waals surface area contributed by atoms with Crippen LogP contribution in [0.1, 0.15) is 20.3 Å². The number of nitrogens with one attached hydrogen (secondary N) is 2. The monoisotopic (exact) mass is 342 g/mol. The van der Waals surface area contributed by atoms with Crippen molar-refractivity contribution in [3.05, 3.63) is 28.0 Å². The first-order valence-corrected chi connectivity index (χ1v) is 8.45. The third-order valence-electron chi connectivity index (χ3n) is 2.64. The molecule has 1 aromatic rings. The quantitative estimate of drug-likeness (QED) is 0.747. The summed E-state index contributed by atoms with van der Waals surface area (Å²) in [5.41, 5.74) is -0.00271. The van der Waals surface area contributed by atoms with Gasteiger partial charge in [-0.3, -0.25) is 4.72 Å². The van der Waals surface area contributed by atoms with Gasteiger partial charge in [-0.05, 0) is 32.0 Å². The molecule has 2 N–H and O–H groups in total. The van der Waals surface area contributed by atoms with E-state index in [0.29, 0.717) is 6.54 Å². The third kappa shape index (κ3) is 4.77. The van der Waals surface area contributed by atoms with Gasteiger partial charge in [0.2, 0.25) is 10.0 Å². The number of hydrogen-bond acceptors (Lipinski definition) is 3. The first-order valence-electron chi connectivity index (χ1n) is 6.14. The van der Waals surface area contributed by atoms with E-state index in [1.54, 1.807) is 6.92 Å². The van der Waals surface area contributed by atoms with Gasteiger partial charge in [0.25, 0.3) is 0 Å². The van der Waals surface area contributed by atoms with Gasteiger partial charge < -0.3 is 5.32 Å². The number of halogens is 3. The Balaban J connectivity index is 2.86. The van der Waals surface area contributed by atoms with Crippen LogP contribution in [-0.2, 0) is 10.0 Å². The minimum atomic E-state index is -3.66. The molecule has 0 amide bonds. The minimum Gasteiger partial charge on any atom is -0.315 e. The van der Waals surface area contributed by atoms with Crippen LogP contribution in [0.4, 0.5) is 10.1 Å². The molecular weight excluding hydrogens is 326 g/mol. The molecule has 0 aliphatic carbocycles. The molecule has 1 aromatic carbocycles. The summed E-state index contributed by atoms with van der Waals surface area (Å²) in [6, 6.07) is 2.01. The van der Waals surface area contributed by atoms with Crippen molar-refractivity contribution in [2.24, 2.45) is 0 Å². The zero-order chi connectivity index (χ0) is 15.3. The molecule has 0 heterocycles. The molecule has 0 fully saturated rings. The molecule has 0 saturated carbocycles. The second kappa shape index (κ2) is 7.45. The van der Waals surface area contributed by atoms with Crippen molar-refractivity contribution in [3.8, 4) is 0 Å². The van der Waals surface area contributed by atoms with E-state index < -0.39 is 21.1 Å². The Morgan fingerprint density at radius 2 is 1.85 bits per heavy atom. The predicted molar refractivity (Wildman–Crippen MR) is 81.6 cm³/mol. The highest BCUT2D eigenvalue weighted by molar-refractivity contribution is 7.93. The largest absolute Gasteiger partial charge is 0.315 e. The molecule has 0 aliphatic heterocycles. The highest BCUT2D eigenvalue weighted by Crippen LogP contribution is 2.32. The van der Waals surface area contributed by atoms with Crippen LogP contribution in [0.25, 0.3) is 0 Å². The van der Waals surface area contributed by atoms with Gasteiger partial charge in [0, 0.05) is 6.54 Å². The van der Waals surface area contributed by atoms with Gasteiger partial charge in [-0.25, -0.2) is 12.8 Å². The number of hydrogen-bond donors (Lipinski definition) is 2. The summed E-state index contributed by atoms with van der Waals surface area (Å²) < 4.78 is 39.6. The molecule has 0 spiro atoms. The molecule has 0 aliphatic rings. The van der Waals surface area contributed by atoms with E-state index in [0.717, 1.165) is 25.1 Å². The lowest BCUT2D eigenvalue weighted by molar-refractivity contribution is 0.575. The predicted octanol–water partition coefficient (Wildman–Crippen LogP) is 3.26. The van der Waals surface area contributed by atoms with Crippen LogP contribution in [0.2, 0.25) is 10.0 Å². The van der Waals surface area contributed by atoms with Crippen LogP contribution in [0.15, 0.2) is 12.1 Å². The molecule has 0 bridgehead atoms. The first-order chi connectivity index (χ1) is 9.27. The van der Waals surface area contributed by atoms with Gasteiger partial charge in [0.05, 0.1) is 21.0 Å². The van der Waals surface area contributed by atoms with Crippen molar-refractivity contribution >= 4 is 38.9 Å². The van der Waals surface area contributed by atoms with Crippen LogP contribution in [0, 0.1) is 5.82 Å². The zero-order valence-corrected chi connectivity index (χ0v) is 13.5. The lowest BCUT2D eigenvalue weighted by Gasteiger charge is -2.17. The van der Waals surface area contributed by atoms with Crippen molar-refractivity contribution in [2.75, 3.05) is 17.8 Å². The topological polar surface area (TPSA) is 58.2 Å². The van der Waals surface area contributed by atoms with Crippen LogP contribution >= 0.6 is 23.2 Å². The fourth-order valence-corrected chi connectivity index (χ4v) is 3.18. The Labute approximate surface area is 128 Å². The van der Waals surface area contributed by atoms with Gasteiger partial charge in [0.15, 0.2) is 0 Å². The van der Waals surface area contributed by atoms with Crippen molar-refractivity contribution in [1.29, 1.82) is 0 Å². The molecule has 20 heavy (non-hydrogen) atoms. The molecule has 114 valence electrons. The summed E-state index contributed by atoms with van der Waals surface area (Å²) in [7, 11) is -3.66. The maximum Gasteiger partial charge on any atom is 0.236 e. The maximum absolute atomic E-state index is 13.0. The van der Waals surface area contributed by atoms with E-state index >= 15 is 0 Å². The van der Waals surface area contributed by atoms with Gasteiger partial charge in [-0.15, -0.1) is 0 Å². The Bertz CT molecular complexity index is 544. The average molecular weight is 343 g/mol. The first kappa shape index (κ1) is 17.5. The van der Waals surface area contributed by atoms with E-state index in [-0.39, 0.29) is 15.7 Å². The minimum absolute atomic E-state index is 0.00271. The normalized spacial score (nSPS) is 13.2. The SMILES string of the molecule is CCCNCC(C)S(=O)(=O)Nc1c(Cl)cc(F)cc1Cl. The molecule has 1 unspecified atom stereocenters. The molecule has 4 nitrogen and oxygen atoms in total. The van der Waals surface area contributed by atoms with Gasteiger partial charge in [-0.1, -0.05) is 30.1 Å². The van der Waals surface area contributed by atoms with Crippen LogP contribution in [0.5, 0.6) is 0 Å². The fraction of sp³-hybridized carbons (Fsp3) is 0.500. The summed E-state index contributed by atoms with van der Waals surface area (Å²) in [5.74, 6) is -0.624. The summed E-state index contributed by atoms with van der Waals surface area (Å²) in [5, 5.41) is 2.19. The van der Waals surface area contributed by atoms with E-state index in [2.05, 4.69) is 10.0 Å². The second-order valence-electron chi connectivity index (χ2n) is 4.41. The third-order valence-corrected chi connectivity index (χ3v) is 4.95. The standard InChI is InChI=1S/C12H17Cl2FN2O2S/c1-3-4-16-7-8(2)20(18,19)17-12-10(13)5-9(15)6-11(12)14/h5-6,8,16-17H,3-4,7H2,1-2H3. The Kier molecular flexibility index (Phi) is 6.51.